The fourth-order valence-corrected chi connectivity index (χ4v) is 4.19. The zero-order chi connectivity index (χ0) is 20.1. The summed E-state index contributed by atoms with van der Waals surface area (Å²) in [5.41, 5.74) is 1.41. The Morgan fingerprint density at radius 3 is 2.29 bits per heavy atom. The minimum atomic E-state index is -3.67. The van der Waals surface area contributed by atoms with E-state index in [2.05, 4.69) is 4.72 Å². The van der Waals surface area contributed by atoms with E-state index in [1.807, 2.05) is 24.3 Å². The lowest BCUT2D eigenvalue weighted by atomic mass is 10.1. The number of imide groups is 1. The van der Waals surface area contributed by atoms with E-state index in [0.29, 0.717) is 18.5 Å². The molecular formula is C20H22N2O5S. The van der Waals surface area contributed by atoms with Crippen molar-refractivity contribution in [2.75, 3.05) is 18.6 Å². The van der Waals surface area contributed by atoms with Gasteiger partial charge in [-0.05, 0) is 48.7 Å². The highest BCUT2D eigenvalue weighted by Gasteiger charge is 2.30. The van der Waals surface area contributed by atoms with E-state index in [1.165, 1.54) is 24.3 Å². The fourth-order valence-electron chi connectivity index (χ4n) is 3.12. The molecule has 1 fully saturated rings. The van der Waals surface area contributed by atoms with Gasteiger partial charge in [-0.1, -0.05) is 18.2 Å². The predicted molar refractivity (Wildman–Crippen MR) is 105 cm³/mol. The first-order chi connectivity index (χ1) is 13.4. The Labute approximate surface area is 164 Å². The van der Waals surface area contributed by atoms with Gasteiger partial charge >= 0.3 is 0 Å². The van der Waals surface area contributed by atoms with Crippen LogP contribution >= 0.6 is 0 Å². The van der Waals surface area contributed by atoms with Crippen molar-refractivity contribution < 1.29 is 22.7 Å². The summed E-state index contributed by atoms with van der Waals surface area (Å²) in [6.45, 7) is 0.283. The molecule has 0 saturated carbocycles. The van der Waals surface area contributed by atoms with Gasteiger partial charge in [-0.3, -0.25) is 14.5 Å². The molecule has 0 aliphatic carbocycles. The quantitative estimate of drug-likeness (QED) is 0.540. The summed E-state index contributed by atoms with van der Waals surface area (Å²) in [6, 6.07) is 13.4. The van der Waals surface area contributed by atoms with E-state index in [4.69, 9.17) is 4.74 Å². The van der Waals surface area contributed by atoms with E-state index >= 15 is 0 Å². The number of carbonyl (C=O) groups is 2. The molecule has 0 unspecified atom stereocenters. The lowest BCUT2D eigenvalue weighted by molar-refractivity contribution is -0.121. The van der Waals surface area contributed by atoms with Gasteiger partial charge in [0.2, 0.25) is 21.8 Å². The van der Waals surface area contributed by atoms with Crippen LogP contribution in [0.1, 0.15) is 24.8 Å². The van der Waals surface area contributed by atoms with E-state index < -0.39 is 10.0 Å². The van der Waals surface area contributed by atoms with Crippen molar-refractivity contribution in [1.82, 2.24) is 4.72 Å². The highest BCUT2D eigenvalue weighted by atomic mass is 32.2. The molecule has 1 aliphatic rings. The fraction of sp³-hybridized carbons (Fsp3) is 0.300. The van der Waals surface area contributed by atoms with Crippen LogP contribution in [0.4, 0.5) is 5.69 Å². The average molecular weight is 402 g/mol. The molecule has 7 nitrogen and oxygen atoms in total. The van der Waals surface area contributed by atoms with Gasteiger partial charge in [0.15, 0.2) is 0 Å². The molecule has 0 atom stereocenters. The number of hydrogen-bond acceptors (Lipinski definition) is 5. The number of sulfonamides is 1. The molecule has 0 spiro atoms. The van der Waals surface area contributed by atoms with Crippen LogP contribution in [0.5, 0.6) is 5.75 Å². The molecule has 0 aromatic heterocycles. The molecule has 1 heterocycles. The summed E-state index contributed by atoms with van der Waals surface area (Å²) in [6.07, 6.45) is 1.68. The monoisotopic (exact) mass is 402 g/mol. The zero-order valence-electron chi connectivity index (χ0n) is 15.6. The largest absolute Gasteiger partial charge is 0.496 e. The van der Waals surface area contributed by atoms with Gasteiger partial charge in [0, 0.05) is 19.4 Å². The van der Waals surface area contributed by atoms with Gasteiger partial charge in [0.25, 0.3) is 0 Å². The molecule has 1 N–H and O–H groups in total. The van der Waals surface area contributed by atoms with Gasteiger partial charge < -0.3 is 4.74 Å². The van der Waals surface area contributed by atoms with Crippen LogP contribution in [0.25, 0.3) is 0 Å². The summed E-state index contributed by atoms with van der Waals surface area (Å²) in [5, 5.41) is 0. The lowest BCUT2D eigenvalue weighted by Crippen LogP contribution is -2.29. The number of rotatable bonds is 8. The number of nitrogens with zero attached hydrogens (tertiary/aromatic N) is 1. The van der Waals surface area contributed by atoms with E-state index in [-0.39, 0.29) is 36.1 Å². The predicted octanol–water partition coefficient (Wildman–Crippen LogP) is 2.26. The van der Waals surface area contributed by atoms with Gasteiger partial charge in [-0.25, -0.2) is 13.1 Å². The summed E-state index contributed by atoms with van der Waals surface area (Å²) < 4.78 is 32.8. The van der Waals surface area contributed by atoms with Gasteiger partial charge in [-0.15, -0.1) is 0 Å². The number of benzene rings is 2. The van der Waals surface area contributed by atoms with Gasteiger partial charge in [0.05, 0.1) is 17.7 Å². The summed E-state index contributed by atoms with van der Waals surface area (Å²) in [4.78, 5) is 24.7. The lowest BCUT2D eigenvalue weighted by Gasteiger charge is -2.14. The van der Waals surface area contributed by atoms with Crippen LogP contribution in [0.2, 0.25) is 0 Å². The Bertz CT molecular complexity index is 954. The normalized spacial score (nSPS) is 14.5. The molecule has 1 saturated heterocycles. The number of aryl methyl sites for hydroxylation is 1. The van der Waals surface area contributed by atoms with Crippen LogP contribution in [0, 0.1) is 0 Å². The third-order valence-corrected chi connectivity index (χ3v) is 6.04. The Hall–Kier alpha value is -2.71. The number of anilines is 1. The Morgan fingerprint density at radius 2 is 1.64 bits per heavy atom. The minimum absolute atomic E-state index is 0.0904. The first-order valence-electron chi connectivity index (χ1n) is 9.00. The van der Waals surface area contributed by atoms with E-state index in [1.54, 1.807) is 7.11 Å². The first kappa shape index (κ1) is 20.0. The van der Waals surface area contributed by atoms with Crippen LogP contribution in [-0.4, -0.2) is 33.9 Å². The third-order valence-electron chi connectivity index (χ3n) is 4.56. The molecular weight excluding hydrogens is 380 g/mol. The van der Waals surface area contributed by atoms with E-state index in [9.17, 15) is 18.0 Å². The third kappa shape index (κ3) is 4.40. The number of carbonyl (C=O) groups excluding carboxylic acids is 2. The highest BCUT2D eigenvalue weighted by Crippen LogP contribution is 2.24. The van der Waals surface area contributed by atoms with Crippen LogP contribution in [0.3, 0.4) is 0 Å². The van der Waals surface area contributed by atoms with E-state index in [0.717, 1.165) is 16.2 Å². The Balaban J connectivity index is 1.58. The maximum absolute atomic E-state index is 12.4. The molecule has 0 radical (unpaired) electrons. The SMILES string of the molecule is COc1ccccc1CCCNS(=O)(=O)c1ccc(N2C(=O)CCC2=O)cc1. The number of nitrogens with one attached hydrogen (secondary N) is 1. The van der Waals surface area contributed by atoms with Crippen molar-refractivity contribution in [3.8, 4) is 5.75 Å². The van der Waals surface area contributed by atoms with Crippen molar-refractivity contribution in [1.29, 1.82) is 0 Å². The number of amides is 2. The molecule has 148 valence electrons. The second kappa shape index (κ2) is 8.53. The van der Waals surface area contributed by atoms with Gasteiger partial charge in [-0.2, -0.15) is 0 Å². The molecule has 8 heteroatoms. The number of ether oxygens (including phenoxy) is 1. The zero-order valence-corrected chi connectivity index (χ0v) is 16.4. The van der Waals surface area contributed by atoms with Crippen LogP contribution in [-0.2, 0) is 26.0 Å². The summed E-state index contributed by atoms with van der Waals surface area (Å²) in [5.74, 6) is 0.247. The molecule has 2 aromatic carbocycles. The van der Waals surface area contributed by atoms with Crippen molar-refractivity contribution >= 4 is 27.5 Å². The summed E-state index contributed by atoms with van der Waals surface area (Å²) >= 11 is 0. The summed E-state index contributed by atoms with van der Waals surface area (Å²) in [7, 11) is -2.06. The van der Waals surface area contributed by atoms with Crippen molar-refractivity contribution in [3.05, 3.63) is 54.1 Å². The molecule has 3 rings (SSSR count). The average Bonchev–Trinajstić information content (AvgIpc) is 3.04. The standard InChI is InChI=1S/C20H22N2O5S/c1-27-18-7-3-2-5-15(18)6-4-14-21-28(25,26)17-10-8-16(9-11-17)22-19(23)12-13-20(22)24/h2-3,5,7-11,21H,4,6,12-14H2,1H3. The molecule has 2 amide bonds. The Kier molecular flexibility index (Phi) is 6.11. The molecule has 2 aromatic rings. The smallest absolute Gasteiger partial charge is 0.240 e. The number of para-hydroxylation sites is 1. The van der Waals surface area contributed by atoms with Crippen molar-refractivity contribution in [2.45, 2.75) is 30.6 Å². The second-order valence-corrected chi connectivity index (χ2v) is 8.20. The molecule has 1 aliphatic heterocycles. The topological polar surface area (TPSA) is 92.8 Å². The van der Waals surface area contributed by atoms with Crippen LogP contribution in [0.15, 0.2) is 53.4 Å². The first-order valence-corrected chi connectivity index (χ1v) is 10.5. The minimum Gasteiger partial charge on any atom is -0.496 e. The van der Waals surface area contributed by atoms with Crippen molar-refractivity contribution in [2.24, 2.45) is 0 Å². The number of hydrogen-bond donors (Lipinski definition) is 1. The maximum Gasteiger partial charge on any atom is 0.240 e. The molecule has 0 bridgehead atoms. The molecule has 28 heavy (non-hydrogen) atoms. The van der Waals surface area contributed by atoms with Crippen LogP contribution < -0.4 is 14.4 Å². The van der Waals surface area contributed by atoms with Crippen molar-refractivity contribution in [3.63, 3.8) is 0 Å². The number of methoxy groups -OCH3 is 1. The Morgan fingerprint density at radius 1 is 1.00 bits per heavy atom. The maximum atomic E-state index is 12.4. The second-order valence-electron chi connectivity index (χ2n) is 6.43. The highest BCUT2D eigenvalue weighted by molar-refractivity contribution is 7.89. The van der Waals surface area contributed by atoms with Gasteiger partial charge in [0.1, 0.15) is 5.75 Å².